The minimum absolute atomic E-state index is 0.281. The third kappa shape index (κ3) is 4.14. The highest BCUT2D eigenvalue weighted by molar-refractivity contribution is 7.09. The summed E-state index contributed by atoms with van der Waals surface area (Å²) in [4.78, 5) is 31.0. The maximum Gasteiger partial charge on any atom is 0.274 e. The SMILES string of the molecule is Cc1ccc(OCc2nc(C(=O)N3Cc4ccccc4C[C@@H]3C(N)=O)cs2)cc1. The predicted molar refractivity (Wildman–Crippen MR) is 111 cm³/mol. The fourth-order valence-corrected chi connectivity index (χ4v) is 4.07. The summed E-state index contributed by atoms with van der Waals surface area (Å²) in [5.41, 5.74) is 9.13. The summed E-state index contributed by atoms with van der Waals surface area (Å²) in [7, 11) is 0. The fourth-order valence-electron chi connectivity index (χ4n) is 3.39. The maximum absolute atomic E-state index is 13.1. The summed E-state index contributed by atoms with van der Waals surface area (Å²) in [5.74, 6) is -0.0488. The zero-order valence-electron chi connectivity index (χ0n) is 16.0. The Hall–Kier alpha value is -3.19. The van der Waals surface area contributed by atoms with Gasteiger partial charge in [0.15, 0.2) is 0 Å². The molecule has 29 heavy (non-hydrogen) atoms. The van der Waals surface area contributed by atoms with E-state index in [0.29, 0.717) is 23.7 Å². The summed E-state index contributed by atoms with van der Waals surface area (Å²) < 4.78 is 5.74. The number of carbonyl (C=O) groups is 2. The Labute approximate surface area is 172 Å². The molecule has 2 amide bonds. The van der Waals surface area contributed by atoms with E-state index in [-0.39, 0.29) is 12.5 Å². The van der Waals surface area contributed by atoms with E-state index < -0.39 is 11.9 Å². The van der Waals surface area contributed by atoms with Crippen molar-refractivity contribution in [2.75, 3.05) is 0 Å². The second kappa shape index (κ2) is 8.05. The van der Waals surface area contributed by atoms with Crippen molar-refractivity contribution in [3.8, 4) is 5.75 Å². The van der Waals surface area contributed by atoms with Crippen LogP contribution in [-0.4, -0.2) is 27.7 Å². The fraction of sp³-hybridized carbons (Fsp3) is 0.227. The molecule has 1 atom stereocenters. The number of aryl methyl sites for hydroxylation is 1. The van der Waals surface area contributed by atoms with E-state index in [0.717, 1.165) is 22.4 Å². The summed E-state index contributed by atoms with van der Waals surface area (Å²) in [6.07, 6.45) is 0.421. The summed E-state index contributed by atoms with van der Waals surface area (Å²) in [6.45, 7) is 2.64. The van der Waals surface area contributed by atoms with E-state index in [1.54, 1.807) is 5.38 Å². The van der Waals surface area contributed by atoms with E-state index in [4.69, 9.17) is 10.5 Å². The molecule has 0 fully saturated rings. The van der Waals surface area contributed by atoms with Crippen molar-refractivity contribution in [3.63, 3.8) is 0 Å². The van der Waals surface area contributed by atoms with E-state index in [2.05, 4.69) is 4.98 Å². The van der Waals surface area contributed by atoms with Gasteiger partial charge in [-0.2, -0.15) is 0 Å². The number of thiazole rings is 1. The van der Waals surface area contributed by atoms with Gasteiger partial charge in [-0.05, 0) is 30.2 Å². The standard InChI is InChI=1S/C22H21N3O3S/c1-14-6-8-17(9-7-14)28-12-20-24-18(13-29-20)22(27)25-11-16-5-3-2-4-15(16)10-19(25)21(23)26/h2-9,13,19H,10-12H2,1H3,(H2,23,26)/t19-/m1/s1. The Balaban J connectivity index is 1.49. The lowest BCUT2D eigenvalue weighted by Crippen LogP contribution is -2.51. The van der Waals surface area contributed by atoms with Gasteiger partial charge < -0.3 is 15.4 Å². The first-order chi connectivity index (χ1) is 14.0. The number of amides is 2. The smallest absolute Gasteiger partial charge is 0.274 e. The lowest BCUT2D eigenvalue weighted by atomic mass is 9.93. The number of primary amides is 1. The third-order valence-electron chi connectivity index (χ3n) is 4.99. The van der Waals surface area contributed by atoms with Crippen LogP contribution in [0.2, 0.25) is 0 Å². The monoisotopic (exact) mass is 407 g/mol. The van der Waals surface area contributed by atoms with E-state index in [9.17, 15) is 9.59 Å². The molecule has 1 aliphatic heterocycles. The van der Waals surface area contributed by atoms with Gasteiger partial charge >= 0.3 is 0 Å². The molecule has 0 unspecified atom stereocenters. The van der Waals surface area contributed by atoms with Crippen molar-refractivity contribution in [2.45, 2.75) is 32.5 Å². The summed E-state index contributed by atoms with van der Waals surface area (Å²) >= 11 is 1.36. The predicted octanol–water partition coefficient (Wildman–Crippen LogP) is 3.08. The summed E-state index contributed by atoms with van der Waals surface area (Å²) in [6, 6.07) is 14.9. The van der Waals surface area contributed by atoms with Crippen molar-refractivity contribution in [2.24, 2.45) is 5.73 Å². The molecule has 3 aromatic rings. The molecule has 1 aliphatic rings. The largest absolute Gasteiger partial charge is 0.486 e. The number of rotatable bonds is 5. The minimum atomic E-state index is -0.675. The number of hydrogen-bond donors (Lipinski definition) is 1. The Kier molecular flexibility index (Phi) is 5.31. The Morgan fingerprint density at radius 1 is 1.17 bits per heavy atom. The molecule has 0 bridgehead atoms. The van der Waals surface area contributed by atoms with Gasteiger partial charge in [-0.1, -0.05) is 42.0 Å². The number of ether oxygens (including phenoxy) is 1. The molecule has 1 aromatic heterocycles. The lowest BCUT2D eigenvalue weighted by molar-refractivity contribution is -0.122. The van der Waals surface area contributed by atoms with Gasteiger partial charge in [0.25, 0.3) is 5.91 Å². The Morgan fingerprint density at radius 3 is 2.62 bits per heavy atom. The van der Waals surface area contributed by atoms with Gasteiger partial charge in [0.1, 0.15) is 29.1 Å². The molecule has 0 saturated heterocycles. The van der Waals surface area contributed by atoms with Crippen LogP contribution in [0.4, 0.5) is 0 Å². The number of fused-ring (bicyclic) bond motifs is 1. The van der Waals surface area contributed by atoms with E-state index >= 15 is 0 Å². The minimum Gasteiger partial charge on any atom is -0.486 e. The van der Waals surface area contributed by atoms with Crippen molar-refractivity contribution in [3.05, 3.63) is 81.3 Å². The molecule has 0 aliphatic carbocycles. The Morgan fingerprint density at radius 2 is 1.90 bits per heavy atom. The lowest BCUT2D eigenvalue weighted by Gasteiger charge is -2.34. The Bertz CT molecular complexity index is 1050. The molecule has 0 spiro atoms. The number of aromatic nitrogens is 1. The molecular formula is C22H21N3O3S. The molecule has 148 valence electrons. The maximum atomic E-state index is 13.1. The number of carbonyl (C=O) groups excluding carboxylic acids is 2. The molecule has 7 heteroatoms. The first-order valence-corrected chi connectivity index (χ1v) is 10.2. The highest BCUT2D eigenvalue weighted by atomic mass is 32.1. The van der Waals surface area contributed by atoms with Crippen LogP contribution in [-0.2, 0) is 24.4 Å². The average molecular weight is 407 g/mol. The van der Waals surface area contributed by atoms with Crippen LogP contribution in [0.15, 0.2) is 53.9 Å². The van der Waals surface area contributed by atoms with Gasteiger partial charge in [-0.25, -0.2) is 4.98 Å². The molecule has 4 rings (SSSR count). The van der Waals surface area contributed by atoms with Crippen molar-refractivity contribution in [1.29, 1.82) is 0 Å². The van der Waals surface area contributed by atoms with Gasteiger partial charge in [-0.15, -0.1) is 11.3 Å². The van der Waals surface area contributed by atoms with Crippen molar-refractivity contribution in [1.82, 2.24) is 9.88 Å². The average Bonchev–Trinajstić information content (AvgIpc) is 3.21. The van der Waals surface area contributed by atoms with Crippen molar-refractivity contribution < 1.29 is 14.3 Å². The molecule has 0 radical (unpaired) electrons. The molecule has 0 saturated carbocycles. The highest BCUT2D eigenvalue weighted by Crippen LogP contribution is 2.25. The van der Waals surface area contributed by atoms with E-state index in [1.807, 2.05) is 55.5 Å². The van der Waals surface area contributed by atoms with Gasteiger partial charge in [-0.3, -0.25) is 9.59 Å². The normalized spacial score (nSPS) is 15.6. The zero-order valence-corrected chi connectivity index (χ0v) is 16.8. The van der Waals surface area contributed by atoms with Crippen molar-refractivity contribution >= 4 is 23.2 Å². The summed E-state index contributed by atoms with van der Waals surface area (Å²) in [5, 5.41) is 2.40. The van der Waals surface area contributed by atoms with Crippen LogP contribution in [0.25, 0.3) is 0 Å². The van der Waals surface area contributed by atoms with Crippen LogP contribution in [0, 0.1) is 6.92 Å². The first-order valence-electron chi connectivity index (χ1n) is 9.32. The molecular weight excluding hydrogens is 386 g/mol. The van der Waals surface area contributed by atoms with Gasteiger partial charge in [0, 0.05) is 18.3 Å². The molecule has 2 aromatic carbocycles. The molecule has 2 heterocycles. The van der Waals surface area contributed by atoms with Crippen LogP contribution >= 0.6 is 11.3 Å². The third-order valence-corrected chi connectivity index (χ3v) is 5.81. The zero-order chi connectivity index (χ0) is 20.4. The molecule has 2 N–H and O–H groups in total. The van der Waals surface area contributed by atoms with Crippen LogP contribution in [0.1, 0.15) is 32.2 Å². The van der Waals surface area contributed by atoms with Crippen LogP contribution in [0.5, 0.6) is 5.75 Å². The topological polar surface area (TPSA) is 85.5 Å². The quantitative estimate of drug-likeness (QED) is 0.704. The number of nitrogens with two attached hydrogens (primary N) is 1. The van der Waals surface area contributed by atoms with Crippen LogP contribution < -0.4 is 10.5 Å². The second-order valence-corrected chi connectivity index (χ2v) is 7.99. The second-order valence-electron chi connectivity index (χ2n) is 7.05. The number of benzene rings is 2. The van der Waals surface area contributed by atoms with Crippen LogP contribution in [0.3, 0.4) is 0 Å². The highest BCUT2D eigenvalue weighted by Gasteiger charge is 2.34. The molecule has 6 nitrogen and oxygen atoms in total. The van der Waals surface area contributed by atoms with E-state index in [1.165, 1.54) is 16.2 Å². The van der Waals surface area contributed by atoms with Gasteiger partial charge in [0.2, 0.25) is 5.91 Å². The first kappa shape index (κ1) is 19.1. The van der Waals surface area contributed by atoms with Gasteiger partial charge in [0.05, 0.1) is 0 Å². The number of nitrogens with zero attached hydrogens (tertiary/aromatic N) is 2. The number of hydrogen-bond acceptors (Lipinski definition) is 5.